The highest BCUT2D eigenvalue weighted by molar-refractivity contribution is 7.99. The van der Waals surface area contributed by atoms with E-state index >= 15 is 0 Å². The average molecular weight is 398 g/mol. The Labute approximate surface area is 171 Å². The molecule has 1 aromatic heterocycles. The number of hydrogen-bond acceptors (Lipinski definition) is 7. The molecule has 1 saturated heterocycles. The summed E-state index contributed by atoms with van der Waals surface area (Å²) in [4.78, 5) is 14.1. The van der Waals surface area contributed by atoms with Crippen molar-refractivity contribution < 1.29 is 4.74 Å². The van der Waals surface area contributed by atoms with Crippen molar-refractivity contribution in [2.24, 2.45) is 5.92 Å². The van der Waals surface area contributed by atoms with Gasteiger partial charge in [0.25, 0.3) is 0 Å². The monoisotopic (exact) mass is 397 g/mol. The fourth-order valence-corrected chi connectivity index (χ4v) is 3.83. The first-order chi connectivity index (χ1) is 13.5. The third kappa shape index (κ3) is 4.75. The van der Waals surface area contributed by atoms with Crippen LogP contribution in [-0.2, 0) is 0 Å². The first kappa shape index (κ1) is 20.4. The van der Waals surface area contributed by atoms with E-state index in [1.165, 1.54) is 0 Å². The van der Waals surface area contributed by atoms with E-state index in [2.05, 4.69) is 36.8 Å². The second kappa shape index (κ2) is 9.26. The Balaban J connectivity index is 2.06. The molecule has 0 atom stereocenters. The lowest BCUT2D eigenvalue weighted by Crippen LogP contribution is -2.45. The lowest BCUT2D eigenvalue weighted by molar-refractivity contribution is 0.311. The molecule has 28 heavy (non-hydrogen) atoms. The minimum absolute atomic E-state index is 0.542. The summed E-state index contributed by atoms with van der Waals surface area (Å²) in [5.41, 5.74) is 2.14. The average Bonchev–Trinajstić information content (AvgIpc) is 2.72. The molecule has 1 aromatic carbocycles. The number of aromatic nitrogens is 2. The molecule has 1 fully saturated rings. The Hall–Kier alpha value is -2.30. The van der Waals surface area contributed by atoms with Crippen molar-refractivity contribution in [1.29, 1.82) is 5.26 Å². The molecule has 1 aliphatic rings. The summed E-state index contributed by atoms with van der Waals surface area (Å²) >= 11 is 1.65. The molecular weight excluding hydrogens is 370 g/mol. The Morgan fingerprint density at radius 1 is 1.14 bits per heavy atom. The van der Waals surface area contributed by atoms with Gasteiger partial charge in [-0.3, -0.25) is 0 Å². The number of thioether (sulfide) groups is 1. The van der Waals surface area contributed by atoms with Crippen molar-refractivity contribution >= 4 is 17.6 Å². The molecule has 0 saturated carbocycles. The van der Waals surface area contributed by atoms with Crippen LogP contribution in [0.3, 0.4) is 0 Å². The second-order valence-electron chi connectivity index (χ2n) is 7.39. The molecular formula is C21H27N5OS. The lowest BCUT2D eigenvalue weighted by atomic mass is 10.1. The van der Waals surface area contributed by atoms with Crippen LogP contribution in [0.4, 0.5) is 5.82 Å². The highest BCUT2D eigenvalue weighted by Crippen LogP contribution is 2.32. The molecule has 2 aromatic rings. The van der Waals surface area contributed by atoms with Crippen LogP contribution >= 0.6 is 11.8 Å². The maximum Gasteiger partial charge on any atom is 0.190 e. The van der Waals surface area contributed by atoms with Crippen LogP contribution in [-0.4, -0.2) is 61.0 Å². The zero-order valence-corrected chi connectivity index (χ0v) is 17.8. The summed E-state index contributed by atoms with van der Waals surface area (Å²) in [6.45, 7) is 8.00. The standard InChI is InChI=1S/C21H27N5OS/c1-15(2)14-28-21-23-19(16-5-7-17(27-4)8-6-16)18(13-22)20(24-21)26-11-9-25(3)10-12-26/h5-8,15H,9-12,14H2,1-4H3. The molecule has 0 amide bonds. The van der Waals surface area contributed by atoms with E-state index < -0.39 is 0 Å². The Morgan fingerprint density at radius 2 is 1.82 bits per heavy atom. The summed E-state index contributed by atoms with van der Waals surface area (Å²) in [5, 5.41) is 10.7. The zero-order valence-electron chi connectivity index (χ0n) is 17.0. The van der Waals surface area contributed by atoms with E-state index in [1.54, 1.807) is 18.9 Å². The minimum Gasteiger partial charge on any atom is -0.497 e. The summed E-state index contributed by atoms with van der Waals surface area (Å²) in [5.74, 6) is 3.02. The van der Waals surface area contributed by atoms with Crippen molar-refractivity contribution in [3.8, 4) is 23.1 Å². The lowest BCUT2D eigenvalue weighted by Gasteiger charge is -2.34. The SMILES string of the molecule is COc1ccc(-c2nc(SCC(C)C)nc(N3CCN(C)CC3)c2C#N)cc1. The maximum absolute atomic E-state index is 9.95. The molecule has 0 spiro atoms. The fraction of sp³-hybridized carbons (Fsp3) is 0.476. The van der Waals surface area contributed by atoms with Crippen LogP contribution in [0.2, 0.25) is 0 Å². The van der Waals surface area contributed by atoms with Crippen LogP contribution in [0.5, 0.6) is 5.75 Å². The van der Waals surface area contributed by atoms with Gasteiger partial charge in [-0.25, -0.2) is 9.97 Å². The van der Waals surface area contributed by atoms with Crippen molar-refractivity contribution in [2.45, 2.75) is 19.0 Å². The summed E-state index contributed by atoms with van der Waals surface area (Å²) in [7, 11) is 3.77. The maximum atomic E-state index is 9.95. The number of anilines is 1. The Kier molecular flexibility index (Phi) is 6.76. The quantitative estimate of drug-likeness (QED) is 0.546. The van der Waals surface area contributed by atoms with Gasteiger partial charge in [0.1, 0.15) is 17.4 Å². The number of nitrogens with zero attached hydrogens (tertiary/aromatic N) is 5. The number of piperazine rings is 1. The summed E-state index contributed by atoms with van der Waals surface area (Å²) in [6, 6.07) is 10.1. The molecule has 3 rings (SSSR count). The molecule has 0 unspecified atom stereocenters. The van der Waals surface area contributed by atoms with Gasteiger partial charge in [0.05, 0.1) is 12.8 Å². The van der Waals surface area contributed by atoms with Crippen molar-refractivity contribution in [2.75, 3.05) is 51.0 Å². The van der Waals surface area contributed by atoms with Crippen LogP contribution < -0.4 is 9.64 Å². The van der Waals surface area contributed by atoms with Gasteiger partial charge >= 0.3 is 0 Å². The number of benzene rings is 1. The zero-order chi connectivity index (χ0) is 20.1. The molecule has 0 N–H and O–H groups in total. The van der Waals surface area contributed by atoms with Gasteiger partial charge in [-0.2, -0.15) is 5.26 Å². The van der Waals surface area contributed by atoms with E-state index in [4.69, 9.17) is 14.7 Å². The molecule has 6 nitrogen and oxygen atoms in total. The number of rotatable bonds is 6. The predicted octanol–water partition coefficient (Wildman–Crippen LogP) is 3.52. The molecule has 0 aliphatic carbocycles. The van der Waals surface area contributed by atoms with Crippen molar-refractivity contribution in [3.63, 3.8) is 0 Å². The van der Waals surface area contributed by atoms with Crippen LogP contribution in [0, 0.1) is 17.2 Å². The molecule has 1 aliphatic heterocycles. The highest BCUT2D eigenvalue weighted by Gasteiger charge is 2.23. The van der Waals surface area contributed by atoms with E-state index in [0.29, 0.717) is 17.2 Å². The molecule has 0 bridgehead atoms. The number of hydrogen-bond donors (Lipinski definition) is 0. The molecule has 2 heterocycles. The van der Waals surface area contributed by atoms with Gasteiger partial charge in [0, 0.05) is 37.5 Å². The first-order valence-corrected chi connectivity index (χ1v) is 10.5. The predicted molar refractivity (Wildman–Crippen MR) is 114 cm³/mol. The number of nitriles is 1. The van der Waals surface area contributed by atoms with Gasteiger partial charge < -0.3 is 14.5 Å². The highest BCUT2D eigenvalue weighted by atomic mass is 32.2. The van der Waals surface area contributed by atoms with Gasteiger partial charge in [-0.1, -0.05) is 25.6 Å². The third-order valence-corrected chi connectivity index (χ3v) is 5.97. The van der Waals surface area contributed by atoms with Crippen molar-refractivity contribution in [1.82, 2.24) is 14.9 Å². The first-order valence-electron chi connectivity index (χ1n) is 9.54. The Bertz CT molecular complexity index is 839. The number of ether oxygens (including phenoxy) is 1. The van der Waals surface area contributed by atoms with E-state index in [-0.39, 0.29) is 0 Å². The van der Waals surface area contributed by atoms with E-state index in [1.807, 2.05) is 24.3 Å². The smallest absolute Gasteiger partial charge is 0.190 e. The van der Waals surface area contributed by atoms with Gasteiger partial charge in [-0.15, -0.1) is 0 Å². The van der Waals surface area contributed by atoms with E-state index in [0.717, 1.165) is 54.2 Å². The van der Waals surface area contributed by atoms with Gasteiger partial charge in [0.2, 0.25) is 0 Å². The summed E-state index contributed by atoms with van der Waals surface area (Å²) in [6.07, 6.45) is 0. The van der Waals surface area contributed by atoms with Crippen molar-refractivity contribution in [3.05, 3.63) is 29.8 Å². The minimum atomic E-state index is 0.542. The summed E-state index contributed by atoms with van der Waals surface area (Å²) < 4.78 is 5.26. The number of likely N-dealkylation sites (N-methyl/N-ethyl adjacent to an activating group) is 1. The van der Waals surface area contributed by atoms with Gasteiger partial charge in [0.15, 0.2) is 11.0 Å². The fourth-order valence-electron chi connectivity index (χ4n) is 3.04. The largest absolute Gasteiger partial charge is 0.497 e. The second-order valence-corrected chi connectivity index (χ2v) is 8.38. The van der Waals surface area contributed by atoms with Crippen LogP contribution in [0.25, 0.3) is 11.3 Å². The Morgan fingerprint density at radius 3 is 2.39 bits per heavy atom. The van der Waals surface area contributed by atoms with Crippen LogP contribution in [0.1, 0.15) is 19.4 Å². The topological polar surface area (TPSA) is 65.3 Å². The van der Waals surface area contributed by atoms with Crippen LogP contribution in [0.15, 0.2) is 29.4 Å². The molecule has 0 radical (unpaired) electrons. The van der Waals surface area contributed by atoms with Gasteiger partial charge in [-0.05, 0) is 37.2 Å². The van der Waals surface area contributed by atoms with E-state index in [9.17, 15) is 5.26 Å². The molecule has 7 heteroatoms. The third-order valence-electron chi connectivity index (χ3n) is 4.69. The molecule has 148 valence electrons. The number of methoxy groups -OCH3 is 1. The normalized spacial score (nSPS) is 14.9.